The van der Waals surface area contributed by atoms with Crippen LogP contribution in [-0.2, 0) is 12.8 Å². The van der Waals surface area contributed by atoms with Crippen LogP contribution >= 0.6 is 0 Å². The summed E-state index contributed by atoms with van der Waals surface area (Å²) in [5.41, 5.74) is 4.50. The summed E-state index contributed by atoms with van der Waals surface area (Å²) < 4.78 is 0. The molecular weight excluding hydrogens is 424 g/mol. The third-order valence-electron chi connectivity index (χ3n) is 5.97. The molecule has 0 aliphatic heterocycles. The molecule has 0 bridgehead atoms. The second-order valence-electron chi connectivity index (χ2n) is 8.25. The van der Waals surface area contributed by atoms with Crippen molar-refractivity contribution in [1.82, 2.24) is 14.9 Å². The predicted molar refractivity (Wildman–Crippen MR) is 134 cm³/mol. The lowest BCUT2D eigenvalue weighted by molar-refractivity contribution is -0.384. The number of nitro groups is 1. The van der Waals surface area contributed by atoms with Gasteiger partial charge in [0.1, 0.15) is 0 Å². The minimum absolute atomic E-state index is 0.0921. The largest absolute Gasteiger partial charge is 0.302 e. The molecule has 34 heavy (non-hydrogen) atoms. The molecule has 0 aliphatic carbocycles. The molecule has 0 saturated heterocycles. The lowest BCUT2D eigenvalue weighted by Gasteiger charge is -2.28. The molecule has 0 amide bonds. The zero-order valence-electron chi connectivity index (χ0n) is 19.0. The van der Waals surface area contributed by atoms with Gasteiger partial charge in [0.05, 0.1) is 4.92 Å². The van der Waals surface area contributed by atoms with Crippen molar-refractivity contribution in [2.45, 2.75) is 18.8 Å². The SMILES string of the molecule is O=[N+]([O-])c1ccc(C(CN(CCc2ccccn2)CCc2ccccn2)c2ccccc2)cc1. The number of non-ortho nitro benzene ring substituents is 1. The summed E-state index contributed by atoms with van der Waals surface area (Å²) in [7, 11) is 0. The zero-order valence-corrected chi connectivity index (χ0v) is 19.0. The molecule has 0 saturated carbocycles. The second kappa shape index (κ2) is 11.8. The number of hydrogen-bond donors (Lipinski definition) is 0. The van der Waals surface area contributed by atoms with Crippen molar-refractivity contribution in [3.63, 3.8) is 0 Å². The normalized spacial score (nSPS) is 11.9. The molecule has 2 aromatic carbocycles. The molecule has 0 fully saturated rings. The highest BCUT2D eigenvalue weighted by molar-refractivity contribution is 5.39. The van der Waals surface area contributed by atoms with Gasteiger partial charge in [0.2, 0.25) is 0 Å². The molecule has 4 aromatic rings. The molecule has 172 valence electrons. The average molecular weight is 453 g/mol. The molecule has 0 spiro atoms. The molecule has 6 heteroatoms. The van der Waals surface area contributed by atoms with Crippen molar-refractivity contribution < 1.29 is 4.92 Å². The van der Waals surface area contributed by atoms with Crippen LogP contribution in [0, 0.1) is 10.1 Å². The van der Waals surface area contributed by atoms with Crippen molar-refractivity contribution in [2.24, 2.45) is 0 Å². The zero-order chi connectivity index (χ0) is 23.6. The fraction of sp³-hybridized carbons (Fsp3) is 0.214. The Morgan fingerprint density at radius 1 is 0.706 bits per heavy atom. The van der Waals surface area contributed by atoms with E-state index in [9.17, 15) is 10.1 Å². The first kappa shape index (κ1) is 23.3. The van der Waals surface area contributed by atoms with E-state index in [1.165, 1.54) is 5.56 Å². The average Bonchev–Trinajstić information content (AvgIpc) is 2.90. The summed E-state index contributed by atoms with van der Waals surface area (Å²) in [6.45, 7) is 2.52. The van der Waals surface area contributed by atoms with E-state index in [-0.39, 0.29) is 16.5 Å². The van der Waals surface area contributed by atoms with Crippen LogP contribution in [0.15, 0.2) is 103 Å². The van der Waals surface area contributed by atoms with Crippen LogP contribution in [0.2, 0.25) is 0 Å². The molecule has 2 heterocycles. The van der Waals surface area contributed by atoms with Gasteiger partial charge in [-0.25, -0.2) is 0 Å². The number of benzene rings is 2. The first-order valence-corrected chi connectivity index (χ1v) is 11.5. The topological polar surface area (TPSA) is 72.2 Å². The predicted octanol–water partition coefficient (Wildman–Crippen LogP) is 5.30. The van der Waals surface area contributed by atoms with E-state index < -0.39 is 0 Å². The highest BCUT2D eigenvalue weighted by Crippen LogP contribution is 2.27. The van der Waals surface area contributed by atoms with Gasteiger partial charge in [-0.3, -0.25) is 20.1 Å². The van der Waals surface area contributed by atoms with Gasteiger partial charge in [-0.15, -0.1) is 0 Å². The van der Waals surface area contributed by atoms with Crippen LogP contribution in [-0.4, -0.2) is 39.4 Å². The summed E-state index contributed by atoms with van der Waals surface area (Å²) in [6, 6.07) is 29.3. The quantitative estimate of drug-likeness (QED) is 0.228. The third kappa shape index (κ3) is 6.56. The maximum atomic E-state index is 11.2. The number of rotatable bonds is 11. The second-order valence-corrected chi connectivity index (χ2v) is 8.25. The van der Waals surface area contributed by atoms with Crippen molar-refractivity contribution >= 4 is 5.69 Å². The first-order chi connectivity index (χ1) is 16.7. The first-order valence-electron chi connectivity index (χ1n) is 11.5. The lowest BCUT2D eigenvalue weighted by Crippen LogP contribution is -2.33. The molecule has 0 aliphatic rings. The van der Waals surface area contributed by atoms with Gasteiger partial charge in [-0.1, -0.05) is 54.6 Å². The van der Waals surface area contributed by atoms with Crippen molar-refractivity contribution in [3.8, 4) is 0 Å². The van der Waals surface area contributed by atoms with Gasteiger partial charge in [-0.05, 0) is 35.4 Å². The van der Waals surface area contributed by atoms with Gasteiger partial charge in [-0.2, -0.15) is 0 Å². The minimum Gasteiger partial charge on any atom is -0.302 e. The van der Waals surface area contributed by atoms with Crippen LogP contribution in [0.5, 0.6) is 0 Å². The summed E-state index contributed by atoms with van der Waals surface area (Å²) in [5.74, 6) is 0.0921. The fourth-order valence-corrected chi connectivity index (χ4v) is 4.11. The summed E-state index contributed by atoms with van der Waals surface area (Å²) >= 11 is 0. The number of pyridine rings is 2. The molecule has 2 aromatic heterocycles. The van der Waals surface area contributed by atoms with Crippen LogP contribution in [0.1, 0.15) is 28.4 Å². The van der Waals surface area contributed by atoms with Gasteiger partial charge < -0.3 is 4.90 Å². The summed E-state index contributed by atoms with van der Waals surface area (Å²) in [6.07, 6.45) is 5.37. The number of hydrogen-bond acceptors (Lipinski definition) is 5. The van der Waals surface area contributed by atoms with E-state index >= 15 is 0 Å². The Hall–Kier alpha value is -3.90. The van der Waals surface area contributed by atoms with Gasteiger partial charge >= 0.3 is 0 Å². The van der Waals surface area contributed by atoms with E-state index in [4.69, 9.17) is 0 Å². The Morgan fingerprint density at radius 3 is 1.74 bits per heavy atom. The smallest absolute Gasteiger partial charge is 0.269 e. The monoisotopic (exact) mass is 452 g/mol. The lowest BCUT2D eigenvalue weighted by atomic mass is 9.90. The minimum atomic E-state index is -0.354. The summed E-state index contributed by atoms with van der Waals surface area (Å²) in [5, 5.41) is 11.2. The molecule has 6 nitrogen and oxygen atoms in total. The van der Waals surface area contributed by atoms with E-state index in [0.717, 1.165) is 49.4 Å². The van der Waals surface area contributed by atoms with Gasteiger partial charge in [0.15, 0.2) is 0 Å². The maximum absolute atomic E-state index is 11.2. The Morgan fingerprint density at radius 2 is 1.24 bits per heavy atom. The van der Waals surface area contributed by atoms with Crippen LogP contribution in [0.3, 0.4) is 0 Å². The number of aromatic nitrogens is 2. The molecule has 1 atom stereocenters. The molecule has 1 unspecified atom stereocenters. The maximum Gasteiger partial charge on any atom is 0.269 e. The van der Waals surface area contributed by atoms with Crippen molar-refractivity contribution in [2.75, 3.05) is 19.6 Å². The summed E-state index contributed by atoms with van der Waals surface area (Å²) in [4.78, 5) is 22.2. The highest BCUT2D eigenvalue weighted by atomic mass is 16.6. The van der Waals surface area contributed by atoms with Crippen LogP contribution in [0.4, 0.5) is 5.69 Å². The van der Waals surface area contributed by atoms with Crippen molar-refractivity contribution in [1.29, 1.82) is 0 Å². The molecule has 0 N–H and O–H groups in total. The number of nitrogens with zero attached hydrogens (tertiary/aromatic N) is 4. The van der Waals surface area contributed by atoms with E-state index in [2.05, 4.69) is 39.1 Å². The molecule has 0 radical (unpaired) electrons. The van der Waals surface area contributed by atoms with Crippen LogP contribution in [0.25, 0.3) is 0 Å². The molecular formula is C28H28N4O2. The fourth-order valence-electron chi connectivity index (χ4n) is 4.11. The van der Waals surface area contributed by atoms with Crippen LogP contribution < -0.4 is 0 Å². The van der Waals surface area contributed by atoms with Gasteiger partial charge in [0.25, 0.3) is 5.69 Å². The Labute approximate surface area is 200 Å². The third-order valence-corrected chi connectivity index (χ3v) is 5.97. The number of nitro benzene ring substituents is 1. The van der Waals surface area contributed by atoms with Gasteiger partial charge in [0, 0.05) is 74.3 Å². The standard InChI is InChI=1S/C28H28N4O2/c33-32(34)27-14-12-24(13-15-27)28(23-8-2-1-3-9-23)22-31(20-16-25-10-4-6-18-29-25)21-17-26-11-5-7-19-30-26/h1-15,18-19,28H,16-17,20-22H2. The Bertz CT molecular complexity index is 1110. The molecule has 4 rings (SSSR count). The highest BCUT2D eigenvalue weighted by Gasteiger charge is 2.20. The van der Waals surface area contributed by atoms with Crippen molar-refractivity contribution in [3.05, 3.63) is 136 Å². The van der Waals surface area contributed by atoms with E-state index in [0.29, 0.717) is 0 Å². The van der Waals surface area contributed by atoms with E-state index in [1.807, 2.05) is 67.0 Å². The Balaban J connectivity index is 1.57. The Kier molecular flexibility index (Phi) is 8.08. The van der Waals surface area contributed by atoms with E-state index in [1.54, 1.807) is 12.1 Å².